The van der Waals surface area contributed by atoms with E-state index in [0.717, 1.165) is 18.4 Å². The Morgan fingerprint density at radius 2 is 2.08 bits per heavy atom. The summed E-state index contributed by atoms with van der Waals surface area (Å²) in [6.07, 6.45) is 0.656. The minimum absolute atomic E-state index is 0.0621. The first-order valence-electron chi connectivity index (χ1n) is 7.81. The average Bonchev–Trinajstić information content (AvgIpc) is 2.57. The van der Waals surface area contributed by atoms with Crippen molar-refractivity contribution in [3.63, 3.8) is 0 Å². The Kier molecular flexibility index (Phi) is 6.24. The number of hydrogen-bond donors (Lipinski definition) is 4. The number of nitrogens with two attached hydrogens (primary N) is 1. The Bertz CT molecular complexity index is 677. The summed E-state index contributed by atoms with van der Waals surface area (Å²) in [7, 11) is 0. The molecule has 0 atom stereocenters. The first-order valence-corrected chi connectivity index (χ1v) is 7.81. The Labute approximate surface area is 140 Å². The molecule has 1 aromatic heterocycles. The van der Waals surface area contributed by atoms with Crippen LogP contribution in [0.1, 0.15) is 25.3 Å². The lowest BCUT2D eigenvalue weighted by Crippen LogP contribution is -2.14. The lowest BCUT2D eigenvalue weighted by molar-refractivity contribution is 0.209. The molecule has 0 bridgehead atoms. The van der Waals surface area contributed by atoms with E-state index in [1.165, 1.54) is 0 Å². The van der Waals surface area contributed by atoms with E-state index in [0.29, 0.717) is 24.7 Å². The zero-order chi connectivity index (χ0) is 17.4. The summed E-state index contributed by atoms with van der Waals surface area (Å²) in [5.41, 5.74) is 7.90. The van der Waals surface area contributed by atoms with Crippen molar-refractivity contribution in [1.29, 1.82) is 0 Å². The molecule has 128 valence electrons. The van der Waals surface area contributed by atoms with Crippen LogP contribution in [-0.4, -0.2) is 22.8 Å². The summed E-state index contributed by atoms with van der Waals surface area (Å²) >= 11 is 0. The lowest BCUT2D eigenvalue weighted by Gasteiger charge is -2.15. The van der Waals surface area contributed by atoms with E-state index in [1.807, 2.05) is 30.3 Å². The molecule has 24 heavy (non-hydrogen) atoms. The molecular weight excluding hydrogens is 308 g/mol. The summed E-state index contributed by atoms with van der Waals surface area (Å²) in [6, 6.07) is 11.5. The molecule has 2 rings (SSSR count). The quantitative estimate of drug-likeness (QED) is 0.551. The molecular formula is C17H22N4O3. The van der Waals surface area contributed by atoms with Crippen LogP contribution in [0.5, 0.6) is 5.88 Å². The van der Waals surface area contributed by atoms with E-state index in [1.54, 1.807) is 6.07 Å². The predicted molar refractivity (Wildman–Crippen MR) is 94.5 cm³/mol. The number of ether oxygens (including phenoxy) is 1. The van der Waals surface area contributed by atoms with Crippen molar-refractivity contribution in [3.05, 3.63) is 42.0 Å². The number of nitrogen functional groups attached to an aromatic ring is 1. The normalized spacial score (nSPS) is 10.2. The molecule has 2 aromatic rings. The van der Waals surface area contributed by atoms with Gasteiger partial charge in [-0.25, -0.2) is 4.79 Å². The molecule has 0 radical (unpaired) electrons. The molecule has 1 heterocycles. The van der Waals surface area contributed by atoms with Gasteiger partial charge in [-0.15, -0.1) is 0 Å². The maximum atomic E-state index is 10.9. The van der Waals surface area contributed by atoms with Crippen LogP contribution in [0.3, 0.4) is 0 Å². The minimum Gasteiger partial charge on any atom is -0.478 e. The van der Waals surface area contributed by atoms with Crippen molar-refractivity contribution in [2.75, 3.05) is 23.0 Å². The highest BCUT2D eigenvalue weighted by molar-refractivity contribution is 5.90. The largest absolute Gasteiger partial charge is 0.478 e. The lowest BCUT2D eigenvalue weighted by atomic mass is 10.2. The first kappa shape index (κ1) is 17.4. The highest BCUT2D eigenvalue weighted by atomic mass is 16.5. The molecule has 0 aliphatic carbocycles. The minimum atomic E-state index is -1.23. The van der Waals surface area contributed by atoms with Crippen LogP contribution >= 0.6 is 0 Å². The third-order valence-corrected chi connectivity index (χ3v) is 3.33. The number of hydrogen-bond acceptors (Lipinski definition) is 5. The average molecular weight is 330 g/mol. The van der Waals surface area contributed by atoms with Gasteiger partial charge >= 0.3 is 6.09 Å². The van der Waals surface area contributed by atoms with Crippen molar-refractivity contribution in [2.45, 2.75) is 26.3 Å². The number of unbranched alkanes of at least 4 members (excludes halogenated alkanes) is 1. The van der Waals surface area contributed by atoms with E-state index < -0.39 is 6.09 Å². The van der Waals surface area contributed by atoms with Crippen LogP contribution in [0.2, 0.25) is 0 Å². The van der Waals surface area contributed by atoms with Crippen LogP contribution in [0, 0.1) is 0 Å². The number of nitrogens with one attached hydrogen (secondary N) is 2. The Balaban J connectivity index is 2.19. The number of anilines is 3. The molecule has 0 saturated heterocycles. The standard InChI is InChI=1S/C17H22N4O3/c1-2-3-9-24-14-10-13(15(18)16(20-14)21-17(22)23)19-11-12-7-5-4-6-8-12/h4-8,10H,2-3,9,11,18H2,1H3,(H,22,23)(H2,19,20,21). The SMILES string of the molecule is CCCCOc1cc(NCc2ccccc2)c(N)c(NC(=O)O)n1. The van der Waals surface area contributed by atoms with Crippen LogP contribution < -0.4 is 21.1 Å². The van der Waals surface area contributed by atoms with Crippen molar-refractivity contribution in [3.8, 4) is 5.88 Å². The van der Waals surface area contributed by atoms with E-state index in [-0.39, 0.29) is 11.5 Å². The highest BCUT2D eigenvalue weighted by Gasteiger charge is 2.13. The van der Waals surface area contributed by atoms with Gasteiger partial charge in [0.25, 0.3) is 0 Å². The number of benzene rings is 1. The molecule has 7 nitrogen and oxygen atoms in total. The molecule has 0 saturated carbocycles. The summed E-state index contributed by atoms with van der Waals surface area (Å²) in [4.78, 5) is 15.0. The number of carboxylic acid groups (broad SMARTS) is 1. The second kappa shape index (κ2) is 8.61. The Morgan fingerprint density at radius 3 is 2.75 bits per heavy atom. The highest BCUT2D eigenvalue weighted by Crippen LogP contribution is 2.30. The third-order valence-electron chi connectivity index (χ3n) is 3.33. The molecule has 1 aromatic carbocycles. The van der Waals surface area contributed by atoms with Gasteiger partial charge in [-0.2, -0.15) is 4.98 Å². The van der Waals surface area contributed by atoms with Crippen LogP contribution in [0.4, 0.5) is 22.0 Å². The number of carbonyl (C=O) groups is 1. The summed E-state index contributed by atoms with van der Waals surface area (Å²) in [6.45, 7) is 3.12. The van der Waals surface area contributed by atoms with Crippen LogP contribution in [0.25, 0.3) is 0 Å². The van der Waals surface area contributed by atoms with Gasteiger partial charge in [0.1, 0.15) is 0 Å². The smallest absolute Gasteiger partial charge is 0.410 e. The third kappa shape index (κ3) is 5.05. The number of pyridine rings is 1. The molecule has 5 N–H and O–H groups in total. The van der Waals surface area contributed by atoms with Crippen LogP contribution in [-0.2, 0) is 6.54 Å². The fourth-order valence-electron chi connectivity index (χ4n) is 2.06. The molecule has 1 amide bonds. The Morgan fingerprint density at radius 1 is 1.33 bits per heavy atom. The maximum absolute atomic E-state index is 10.9. The fourth-order valence-corrected chi connectivity index (χ4v) is 2.06. The summed E-state index contributed by atoms with van der Waals surface area (Å²) < 4.78 is 5.58. The molecule has 0 spiro atoms. The van der Waals surface area contributed by atoms with Gasteiger partial charge < -0.3 is 20.9 Å². The van der Waals surface area contributed by atoms with Crippen molar-refractivity contribution in [1.82, 2.24) is 4.98 Å². The van der Waals surface area contributed by atoms with E-state index in [2.05, 4.69) is 22.5 Å². The van der Waals surface area contributed by atoms with Gasteiger partial charge in [0, 0.05) is 12.6 Å². The number of rotatable bonds is 8. The van der Waals surface area contributed by atoms with Crippen LogP contribution in [0.15, 0.2) is 36.4 Å². The maximum Gasteiger partial charge on any atom is 0.410 e. The monoisotopic (exact) mass is 330 g/mol. The van der Waals surface area contributed by atoms with Crippen molar-refractivity contribution < 1.29 is 14.6 Å². The van der Waals surface area contributed by atoms with Crippen molar-refractivity contribution in [2.24, 2.45) is 0 Å². The number of aromatic nitrogens is 1. The number of nitrogens with zero attached hydrogens (tertiary/aromatic N) is 1. The zero-order valence-electron chi connectivity index (χ0n) is 13.6. The predicted octanol–water partition coefficient (Wildman–Crippen LogP) is 3.54. The zero-order valence-corrected chi connectivity index (χ0v) is 13.6. The summed E-state index contributed by atoms with van der Waals surface area (Å²) in [5.74, 6) is 0.393. The van der Waals surface area contributed by atoms with Gasteiger partial charge in [-0.3, -0.25) is 5.32 Å². The van der Waals surface area contributed by atoms with Gasteiger partial charge in [-0.1, -0.05) is 43.7 Å². The summed E-state index contributed by atoms with van der Waals surface area (Å²) in [5, 5.41) is 14.3. The second-order valence-corrected chi connectivity index (χ2v) is 5.24. The molecule has 0 fully saturated rings. The molecule has 7 heteroatoms. The van der Waals surface area contributed by atoms with E-state index in [9.17, 15) is 4.79 Å². The fraction of sp³-hybridized carbons (Fsp3) is 0.294. The molecule has 0 aliphatic rings. The van der Waals surface area contributed by atoms with E-state index in [4.69, 9.17) is 15.6 Å². The second-order valence-electron chi connectivity index (χ2n) is 5.24. The van der Waals surface area contributed by atoms with Crippen molar-refractivity contribution >= 4 is 23.3 Å². The topological polar surface area (TPSA) is 110 Å². The van der Waals surface area contributed by atoms with Gasteiger partial charge in [-0.05, 0) is 12.0 Å². The molecule has 0 unspecified atom stereocenters. The first-order chi connectivity index (χ1) is 11.6. The van der Waals surface area contributed by atoms with Gasteiger partial charge in [0.15, 0.2) is 5.82 Å². The van der Waals surface area contributed by atoms with E-state index >= 15 is 0 Å². The van der Waals surface area contributed by atoms with Gasteiger partial charge in [0.05, 0.1) is 18.0 Å². The Hall–Kier alpha value is -2.96. The van der Waals surface area contributed by atoms with Gasteiger partial charge in [0.2, 0.25) is 5.88 Å². The molecule has 0 aliphatic heterocycles. The number of amides is 1.